The Labute approximate surface area is 195 Å². The van der Waals surface area contributed by atoms with E-state index in [2.05, 4.69) is 10.6 Å². The Kier molecular flexibility index (Phi) is 8.20. The summed E-state index contributed by atoms with van der Waals surface area (Å²) >= 11 is 1.47. The van der Waals surface area contributed by atoms with Gasteiger partial charge in [0.25, 0.3) is 11.8 Å². The van der Waals surface area contributed by atoms with Crippen LogP contribution in [0.2, 0.25) is 0 Å². The summed E-state index contributed by atoms with van der Waals surface area (Å²) in [5.74, 6) is -0.513. The number of carboxylic acid groups (broad SMARTS) is 1. The zero-order valence-corrected chi connectivity index (χ0v) is 18.9. The maximum Gasteiger partial charge on any atom is 0.326 e. The number of para-hydroxylation sites is 1. The molecule has 1 heterocycles. The van der Waals surface area contributed by atoms with Crippen molar-refractivity contribution in [1.29, 1.82) is 0 Å². The maximum atomic E-state index is 13.0. The smallest absolute Gasteiger partial charge is 0.326 e. The minimum absolute atomic E-state index is 0.0934. The third-order valence-electron chi connectivity index (χ3n) is 4.77. The number of hydrogen-bond acceptors (Lipinski definition) is 7. The molecule has 9 nitrogen and oxygen atoms in total. The van der Waals surface area contributed by atoms with E-state index >= 15 is 0 Å². The van der Waals surface area contributed by atoms with Gasteiger partial charge >= 0.3 is 5.97 Å². The van der Waals surface area contributed by atoms with Gasteiger partial charge in [0.2, 0.25) is 6.79 Å². The fourth-order valence-electron chi connectivity index (χ4n) is 3.08. The topological polar surface area (TPSA) is 123 Å². The highest BCUT2D eigenvalue weighted by Gasteiger charge is 2.24. The standard InChI is InChI=1S/C23H24N2O7S/c1-30-18-6-4-3-5-15(18)21(26)25-17(22(27)24-16(23(28)29)9-10-33-2)11-14-7-8-19-20(12-14)32-13-31-19/h3-8,11-12,16H,9-10,13H2,1-2H3,(H,24,27)(H,25,26)(H,28,29)/b17-11-/t16-/m0/s1. The van der Waals surface area contributed by atoms with Gasteiger partial charge in [-0.15, -0.1) is 0 Å². The number of thioether (sulfide) groups is 1. The molecule has 0 spiro atoms. The second-order valence-corrected chi connectivity index (χ2v) is 7.96. The molecule has 174 valence electrons. The summed E-state index contributed by atoms with van der Waals surface area (Å²) in [5.41, 5.74) is 0.655. The minimum atomic E-state index is -1.16. The number of ether oxygens (including phenoxy) is 3. The minimum Gasteiger partial charge on any atom is -0.496 e. The number of aliphatic carboxylic acids is 1. The Hall–Kier alpha value is -3.66. The van der Waals surface area contributed by atoms with E-state index in [0.29, 0.717) is 28.6 Å². The summed E-state index contributed by atoms with van der Waals surface area (Å²) in [5, 5.41) is 14.5. The fraction of sp³-hybridized carbons (Fsp3) is 0.261. The van der Waals surface area contributed by atoms with E-state index in [4.69, 9.17) is 14.2 Å². The molecule has 0 unspecified atom stereocenters. The Balaban J connectivity index is 1.90. The van der Waals surface area contributed by atoms with Crippen molar-refractivity contribution in [3.05, 3.63) is 59.3 Å². The van der Waals surface area contributed by atoms with E-state index in [9.17, 15) is 19.5 Å². The van der Waals surface area contributed by atoms with Gasteiger partial charge in [-0.3, -0.25) is 9.59 Å². The van der Waals surface area contributed by atoms with E-state index in [1.807, 2.05) is 6.26 Å². The highest BCUT2D eigenvalue weighted by molar-refractivity contribution is 7.98. The Morgan fingerprint density at radius 3 is 2.67 bits per heavy atom. The molecule has 0 radical (unpaired) electrons. The molecule has 0 fully saturated rings. The van der Waals surface area contributed by atoms with Crippen molar-refractivity contribution in [2.45, 2.75) is 12.5 Å². The number of fused-ring (bicyclic) bond motifs is 1. The van der Waals surface area contributed by atoms with Crippen LogP contribution in [0.25, 0.3) is 6.08 Å². The van der Waals surface area contributed by atoms with Gasteiger partial charge in [-0.25, -0.2) is 4.79 Å². The van der Waals surface area contributed by atoms with E-state index < -0.39 is 23.8 Å². The number of amides is 2. The summed E-state index contributed by atoms with van der Waals surface area (Å²) in [4.78, 5) is 37.6. The molecular formula is C23H24N2O7S. The summed E-state index contributed by atoms with van der Waals surface area (Å²) in [6, 6.07) is 10.5. The number of carbonyl (C=O) groups is 3. The SMILES string of the molecule is COc1ccccc1C(=O)N/C(=C\c1ccc2c(c1)OCO2)C(=O)N[C@@H](CCSC)C(=O)O. The van der Waals surface area contributed by atoms with Crippen molar-refractivity contribution < 1.29 is 33.7 Å². The number of methoxy groups -OCH3 is 1. The zero-order valence-electron chi connectivity index (χ0n) is 18.1. The predicted molar refractivity (Wildman–Crippen MR) is 124 cm³/mol. The molecule has 2 amide bonds. The van der Waals surface area contributed by atoms with Crippen LogP contribution in [0.3, 0.4) is 0 Å². The summed E-state index contributed by atoms with van der Waals surface area (Å²) in [7, 11) is 1.44. The monoisotopic (exact) mass is 472 g/mol. The van der Waals surface area contributed by atoms with Crippen LogP contribution in [0.15, 0.2) is 48.2 Å². The Morgan fingerprint density at radius 1 is 1.18 bits per heavy atom. The van der Waals surface area contributed by atoms with Crippen LogP contribution < -0.4 is 24.8 Å². The predicted octanol–water partition coefficient (Wildman–Crippen LogP) is 2.52. The van der Waals surface area contributed by atoms with E-state index in [1.165, 1.54) is 24.9 Å². The zero-order chi connectivity index (χ0) is 23.8. The first-order chi connectivity index (χ1) is 15.9. The second-order valence-electron chi connectivity index (χ2n) is 6.97. The van der Waals surface area contributed by atoms with Gasteiger partial charge in [-0.05, 0) is 54.3 Å². The summed E-state index contributed by atoms with van der Waals surface area (Å²) in [6.45, 7) is 0.0934. The lowest BCUT2D eigenvalue weighted by atomic mass is 10.1. The lowest BCUT2D eigenvalue weighted by Crippen LogP contribution is -2.44. The summed E-state index contributed by atoms with van der Waals surface area (Å²) < 4.78 is 15.9. The molecule has 0 bridgehead atoms. The van der Waals surface area contributed by atoms with E-state index in [0.717, 1.165) is 0 Å². The third kappa shape index (κ3) is 6.19. The van der Waals surface area contributed by atoms with E-state index in [1.54, 1.807) is 42.5 Å². The van der Waals surface area contributed by atoms with Crippen LogP contribution in [0.4, 0.5) is 0 Å². The maximum absolute atomic E-state index is 13.0. The van der Waals surface area contributed by atoms with Crippen LogP contribution in [0.1, 0.15) is 22.3 Å². The molecule has 2 aromatic rings. The summed E-state index contributed by atoms with van der Waals surface area (Å²) in [6.07, 6.45) is 3.53. The van der Waals surface area contributed by atoms with Crippen molar-refractivity contribution in [3.8, 4) is 17.2 Å². The lowest BCUT2D eigenvalue weighted by Gasteiger charge is -2.17. The highest BCUT2D eigenvalue weighted by atomic mass is 32.2. The van der Waals surface area contributed by atoms with Gasteiger partial charge in [0.05, 0.1) is 12.7 Å². The van der Waals surface area contributed by atoms with Gasteiger partial charge in [-0.1, -0.05) is 18.2 Å². The molecule has 3 N–H and O–H groups in total. The highest BCUT2D eigenvalue weighted by Crippen LogP contribution is 2.33. The lowest BCUT2D eigenvalue weighted by molar-refractivity contribution is -0.141. The number of carboxylic acids is 1. The molecular weight excluding hydrogens is 448 g/mol. The largest absolute Gasteiger partial charge is 0.496 e. The molecule has 1 aliphatic heterocycles. The van der Waals surface area contributed by atoms with Crippen molar-refractivity contribution in [3.63, 3.8) is 0 Å². The van der Waals surface area contributed by atoms with Crippen molar-refractivity contribution >= 4 is 35.6 Å². The van der Waals surface area contributed by atoms with Gasteiger partial charge in [-0.2, -0.15) is 11.8 Å². The van der Waals surface area contributed by atoms with Crippen LogP contribution >= 0.6 is 11.8 Å². The van der Waals surface area contributed by atoms with Crippen molar-refractivity contribution in [2.24, 2.45) is 0 Å². The number of rotatable bonds is 10. The molecule has 1 aliphatic rings. The first kappa shape index (κ1) is 24.0. The Bertz CT molecular complexity index is 1070. The van der Waals surface area contributed by atoms with Crippen molar-refractivity contribution in [2.75, 3.05) is 25.9 Å². The number of benzene rings is 2. The molecule has 33 heavy (non-hydrogen) atoms. The molecule has 0 aromatic heterocycles. The average molecular weight is 473 g/mol. The third-order valence-corrected chi connectivity index (χ3v) is 5.41. The fourth-order valence-corrected chi connectivity index (χ4v) is 3.55. The van der Waals surface area contributed by atoms with Gasteiger partial charge in [0.1, 0.15) is 17.5 Å². The number of nitrogens with one attached hydrogen (secondary N) is 2. The number of carbonyl (C=O) groups excluding carboxylic acids is 2. The van der Waals surface area contributed by atoms with Crippen LogP contribution in [0.5, 0.6) is 17.2 Å². The molecule has 2 aromatic carbocycles. The van der Waals surface area contributed by atoms with Crippen molar-refractivity contribution in [1.82, 2.24) is 10.6 Å². The van der Waals surface area contributed by atoms with E-state index in [-0.39, 0.29) is 24.5 Å². The molecule has 0 aliphatic carbocycles. The van der Waals surface area contributed by atoms with Gasteiger partial charge in [0, 0.05) is 0 Å². The van der Waals surface area contributed by atoms with Crippen LogP contribution in [0, 0.1) is 0 Å². The molecule has 0 saturated heterocycles. The van der Waals surface area contributed by atoms with Gasteiger partial charge < -0.3 is 30.0 Å². The van der Waals surface area contributed by atoms with Gasteiger partial charge in [0.15, 0.2) is 11.5 Å². The second kappa shape index (κ2) is 11.3. The van der Waals surface area contributed by atoms with Crippen LogP contribution in [-0.4, -0.2) is 54.8 Å². The average Bonchev–Trinajstić information content (AvgIpc) is 3.28. The Morgan fingerprint density at radius 2 is 1.94 bits per heavy atom. The number of hydrogen-bond donors (Lipinski definition) is 3. The molecule has 10 heteroatoms. The van der Waals surface area contributed by atoms with Crippen LogP contribution in [-0.2, 0) is 9.59 Å². The molecule has 3 rings (SSSR count). The molecule has 0 saturated carbocycles. The normalized spacial score (nSPS) is 13.2. The quantitative estimate of drug-likeness (QED) is 0.451. The molecule has 1 atom stereocenters. The first-order valence-corrected chi connectivity index (χ1v) is 11.4. The first-order valence-electron chi connectivity index (χ1n) is 10.0.